The number of ether oxygens (including phenoxy) is 1. The van der Waals surface area contributed by atoms with Crippen molar-refractivity contribution in [2.45, 2.75) is 6.92 Å². The Bertz CT molecular complexity index is 204. The van der Waals surface area contributed by atoms with Crippen LogP contribution in [0.25, 0.3) is 0 Å². The van der Waals surface area contributed by atoms with E-state index in [9.17, 15) is 0 Å². The van der Waals surface area contributed by atoms with Crippen molar-refractivity contribution >= 4 is 5.90 Å². The molecular formula is C9H13NO. The van der Waals surface area contributed by atoms with Crippen molar-refractivity contribution in [1.29, 1.82) is 0 Å². The molecule has 0 spiro atoms. The summed E-state index contributed by atoms with van der Waals surface area (Å²) < 4.78 is 5.10. The Morgan fingerprint density at radius 1 is 1.55 bits per heavy atom. The molecule has 2 heteroatoms. The fourth-order valence-corrected chi connectivity index (χ4v) is 0.990. The van der Waals surface area contributed by atoms with Gasteiger partial charge in [-0.3, -0.25) is 4.99 Å². The van der Waals surface area contributed by atoms with E-state index in [-0.39, 0.29) is 0 Å². The molecule has 0 amide bonds. The SMILES string of the molecule is CO/C1=N/C/C=C\C=C/C1C. The maximum atomic E-state index is 5.10. The summed E-state index contributed by atoms with van der Waals surface area (Å²) in [5, 5.41) is 0. The van der Waals surface area contributed by atoms with Crippen LogP contribution in [0.4, 0.5) is 0 Å². The summed E-state index contributed by atoms with van der Waals surface area (Å²) in [6.07, 6.45) is 8.10. The van der Waals surface area contributed by atoms with E-state index >= 15 is 0 Å². The maximum absolute atomic E-state index is 5.10. The lowest BCUT2D eigenvalue weighted by atomic mass is 10.1. The number of nitrogens with zero attached hydrogens (tertiary/aromatic N) is 1. The van der Waals surface area contributed by atoms with Gasteiger partial charge in [0.05, 0.1) is 19.6 Å². The Hall–Kier alpha value is -1.05. The number of methoxy groups -OCH3 is 1. The van der Waals surface area contributed by atoms with Gasteiger partial charge in [-0.05, 0) is 0 Å². The van der Waals surface area contributed by atoms with Crippen molar-refractivity contribution in [3.8, 4) is 0 Å². The van der Waals surface area contributed by atoms with Crippen molar-refractivity contribution in [2.24, 2.45) is 10.9 Å². The van der Waals surface area contributed by atoms with Crippen LogP contribution in [0.3, 0.4) is 0 Å². The highest BCUT2D eigenvalue weighted by molar-refractivity contribution is 5.80. The fourth-order valence-electron chi connectivity index (χ4n) is 0.990. The second-order valence-electron chi connectivity index (χ2n) is 2.48. The van der Waals surface area contributed by atoms with Crippen LogP contribution in [-0.4, -0.2) is 19.6 Å². The van der Waals surface area contributed by atoms with Crippen molar-refractivity contribution in [2.75, 3.05) is 13.7 Å². The quantitative estimate of drug-likeness (QED) is 0.517. The predicted octanol–water partition coefficient (Wildman–Crippen LogP) is 1.79. The zero-order valence-electron chi connectivity index (χ0n) is 6.95. The van der Waals surface area contributed by atoms with Gasteiger partial charge in [-0.25, -0.2) is 0 Å². The first-order valence-corrected chi connectivity index (χ1v) is 3.76. The minimum absolute atomic E-state index is 0.296. The molecule has 60 valence electrons. The van der Waals surface area contributed by atoms with Crippen molar-refractivity contribution in [3.05, 3.63) is 24.3 Å². The zero-order valence-corrected chi connectivity index (χ0v) is 6.95. The number of rotatable bonds is 0. The minimum Gasteiger partial charge on any atom is -0.484 e. The predicted molar refractivity (Wildman–Crippen MR) is 46.8 cm³/mol. The van der Waals surface area contributed by atoms with Crippen molar-refractivity contribution in [3.63, 3.8) is 0 Å². The third-order valence-corrected chi connectivity index (χ3v) is 1.60. The van der Waals surface area contributed by atoms with Gasteiger partial charge in [-0.15, -0.1) is 0 Å². The van der Waals surface area contributed by atoms with Crippen LogP contribution >= 0.6 is 0 Å². The topological polar surface area (TPSA) is 21.6 Å². The summed E-state index contributed by atoms with van der Waals surface area (Å²) in [6.45, 7) is 2.79. The first kappa shape index (κ1) is 8.05. The van der Waals surface area contributed by atoms with Crippen LogP contribution in [0.2, 0.25) is 0 Å². The normalized spacial score (nSPS) is 34.4. The molecule has 0 aromatic heterocycles. The first-order valence-electron chi connectivity index (χ1n) is 3.76. The molecule has 1 aliphatic heterocycles. The van der Waals surface area contributed by atoms with E-state index in [1.165, 1.54) is 0 Å². The lowest BCUT2D eigenvalue weighted by Gasteiger charge is -2.09. The Balaban J connectivity index is 2.75. The molecule has 2 nitrogen and oxygen atoms in total. The van der Waals surface area contributed by atoms with E-state index in [0.717, 1.165) is 12.4 Å². The number of allylic oxidation sites excluding steroid dienone is 2. The minimum atomic E-state index is 0.296. The van der Waals surface area contributed by atoms with Gasteiger partial charge >= 0.3 is 0 Å². The van der Waals surface area contributed by atoms with Gasteiger partial charge in [0.15, 0.2) is 5.90 Å². The molecule has 0 aromatic carbocycles. The summed E-state index contributed by atoms with van der Waals surface area (Å²) in [7, 11) is 1.66. The Labute approximate surface area is 67.3 Å². The summed E-state index contributed by atoms with van der Waals surface area (Å²) >= 11 is 0. The highest BCUT2D eigenvalue weighted by Crippen LogP contribution is 2.04. The average molecular weight is 151 g/mol. The van der Waals surface area contributed by atoms with Crippen LogP contribution < -0.4 is 0 Å². The van der Waals surface area contributed by atoms with Crippen molar-refractivity contribution in [1.82, 2.24) is 0 Å². The number of hydrogen-bond donors (Lipinski definition) is 0. The molecular weight excluding hydrogens is 138 g/mol. The van der Waals surface area contributed by atoms with E-state index in [0.29, 0.717) is 5.92 Å². The molecule has 1 heterocycles. The van der Waals surface area contributed by atoms with Crippen LogP contribution in [0.5, 0.6) is 0 Å². The summed E-state index contributed by atoms with van der Waals surface area (Å²) in [5.74, 6) is 1.11. The fraction of sp³-hybridized carbons (Fsp3) is 0.444. The molecule has 1 aliphatic rings. The van der Waals surface area contributed by atoms with E-state index in [1.54, 1.807) is 7.11 Å². The number of aliphatic imine (C=N–C) groups is 1. The monoisotopic (exact) mass is 151 g/mol. The van der Waals surface area contributed by atoms with Gasteiger partial charge in [0.25, 0.3) is 0 Å². The van der Waals surface area contributed by atoms with Gasteiger partial charge in [0.1, 0.15) is 0 Å². The highest BCUT2D eigenvalue weighted by Gasteiger charge is 2.06. The van der Waals surface area contributed by atoms with Gasteiger partial charge in [-0.1, -0.05) is 31.2 Å². The standard InChI is InChI=1S/C9H13NO/c1-8-6-4-3-5-7-10-9(8)11-2/h3-6,8H,7H2,1-2H3/b5-3-,6-4-,10-9+. The van der Waals surface area contributed by atoms with Gasteiger partial charge in [0.2, 0.25) is 0 Å². The molecule has 0 radical (unpaired) electrons. The molecule has 11 heavy (non-hydrogen) atoms. The first-order chi connectivity index (χ1) is 5.34. The van der Waals surface area contributed by atoms with Crippen LogP contribution in [-0.2, 0) is 4.74 Å². The van der Waals surface area contributed by atoms with Gasteiger partial charge in [-0.2, -0.15) is 0 Å². The van der Waals surface area contributed by atoms with Gasteiger partial charge in [0, 0.05) is 0 Å². The van der Waals surface area contributed by atoms with Crippen LogP contribution in [0.15, 0.2) is 29.3 Å². The smallest absolute Gasteiger partial charge is 0.190 e. The average Bonchev–Trinajstić information content (AvgIpc) is 1.98. The van der Waals surface area contributed by atoms with E-state index < -0.39 is 0 Å². The second-order valence-corrected chi connectivity index (χ2v) is 2.48. The third-order valence-electron chi connectivity index (χ3n) is 1.60. The highest BCUT2D eigenvalue weighted by atomic mass is 16.5. The van der Waals surface area contributed by atoms with E-state index in [4.69, 9.17) is 4.74 Å². The molecule has 0 saturated heterocycles. The summed E-state index contributed by atoms with van der Waals surface area (Å²) in [4.78, 5) is 4.24. The Morgan fingerprint density at radius 2 is 2.36 bits per heavy atom. The van der Waals surface area contributed by atoms with E-state index in [1.807, 2.05) is 18.2 Å². The molecule has 1 atom stereocenters. The van der Waals surface area contributed by atoms with Gasteiger partial charge < -0.3 is 4.74 Å². The van der Waals surface area contributed by atoms with Crippen LogP contribution in [0, 0.1) is 5.92 Å². The summed E-state index contributed by atoms with van der Waals surface area (Å²) in [6, 6.07) is 0. The molecule has 1 rings (SSSR count). The van der Waals surface area contributed by atoms with E-state index in [2.05, 4.69) is 18.0 Å². The Morgan fingerprint density at radius 3 is 3.09 bits per heavy atom. The molecule has 0 N–H and O–H groups in total. The zero-order chi connectivity index (χ0) is 8.10. The lowest BCUT2D eigenvalue weighted by molar-refractivity contribution is 0.379. The molecule has 1 unspecified atom stereocenters. The largest absolute Gasteiger partial charge is 0.484 e. The molecule has 0 saturated carbocycles. The maximum Gasteiger partial charge on any atom is 0.190 e. The molecule has 0 fully saturated rings. The lowest BCUT2D eigenvalue weighted by Crippen LogP contribution is -2.12. The molecule has 0 bridgehead atoms. The Kier molecular flexibility index (Phi) is 2.90. The second kappa shape index (κ2) is 3.96. The third kappa shape index (κ3) is 2.22. The molecule has 0 aliphatic carbocycles. The van der Waals surface area contributed by atoms with Crippen molar-refractivity contribution < 1.29 is 4.74 Å². The molecule has 0 aromatic rings. The van der Waals surface area contributed by atoms with Crippen LogP contribution in [0.1, 0.15) is 6.92 Å². The summed E-state index contributed by atoms with van der Waals surface area (Å²) in [5.41, 5.74) is 0. The number of hydrogen-bond acceptors (Lipinski definition) is 2.